The molecule has 0 unspecified atom stereocenters. The molecule has 4 rings (SSSR count). The number of rotatable bonds is 8. The maximum absolute atomic E-state index is 11.2. The summed E-state index contributed by atoms with van der Waals surface area (Å²) in [4.78, 5) is 0. The zero-order chi connectivity index (χ0) is 53.0. The zero-order valence-corrected chi connectivity index (χ0v) is 51.7. The van der Waals surface area contributed by atoms with Gasteiger partial charge in [0, 0.05) is 97.8 Å². The molecule has 0 fully saturated rings. The van der Waals surface area contributed by atoms with Gasteiger partial charge in [-0.3, -0.25) is 0 Å². The fraction of sp³-hybridized carbons (Fsp3) is 0.273. The molecule has 0 heterocycles. The minimum Gasteiger partial charge on any atom is -2.00 e. The third-order valence-electron chi connectivity index (χ3n) is 5.60. The second-order valence-corrected chi connectivity index (χ2v) is 11.2. The minimum atomic E-state index is -0.800. The van der Waals surface area contributed by atoms with Crippen LogP contribution in [0.3, 0.4) is 0 Å². The number of hydrogen-bond acceptors (Lipinski definition) is 24. The van der Waals surface area contributed by atoms with Gasteiger partial charge in [0.15, 0.2) is 0 Å². The van der Waals surface area contributed by atoms with E-state index in [9.17, 15) is 61.3 Å². The molecule has 0 bridgehead atoms. The summed E-state index contributed by atoms with van der Waals surface area (Å²) < 4.78 is 0. The minimum absolute atomic E-state index is 0. The molecule has 0 aromatic heterocycles. The predicted octanol–water partition coefficient (Wildman–Crippen LogP) is -9.02. The largest absolute Gasteiger partial charge is 4.00 e. The average Bonchev–Trinajstić information content (AvgIpc) is 3.28. The van der Waals surface area contributed by atoms with Crippen molar-refractivity contribution >= 4 is 47.2 Å². The van der Waals surface area contributed by atoms with Crippen LogP contribution in [0.25, 0.3) is 0 Å². The Hall–Kier alpha value is -5.05. The predicted molar refractivity (Wildman–Crippen MR) is 228 cm³/mol. The second kappa shape index (κ2) is 78.2. The number of benzene rings is 4. The summed E-state index contributed by atoms with van der Waals surface area (Å²) in [5, 5.41) is 191. The molecule has 36 heteroatoms. The maximum atomic E-state index is 11.2. The van der Waals surface area contributed by atoms with Crippen molar-refractivity contribution in [3.05, 3.63) is 119 Å². The summed E-state index contributed by atoms with van der Waals surface area (Å²) in [5.41, 5.74) is -0.343. The summed E-state index contributed by atoms with van der Waals surface area (Å²) in [6.07, 6.45) is 0. The van der Waals surface area contributed by atoms with Crippen LogP contribution < -0.4 is 81.7 Å². The van der Waals surface area contributed by atoms with Gasteiger partial charge in [0.05, 0.1) is 0 Å². The first-order valence-corrected chi connectivity index (χ1v) is 19.3. The molecule has 0 N–H and O–H groups in total. The van der Waals surface area contributed by atoms with E-state index in [0.717, 1.165) is 0 Å². The maximum Gasteiger partial charge on any atom is 4.00 e. The molecule has 0 aliphatic heterocycles. The molecule has 4 aromatic carbocycles. The van der Waals surface area contributed by atoms with Crippen LogP contribution in [0, 0.1) is 0 Å². The summed E-state index contributed by atoms with van der Waals surface area (Å²) in [6.45, 7) is 10.9. The van der Waals surface area contributed by atoms with Crippen molar-refractivity contribution in [3.63, 3.8) is 0 Å². The van der Waals surface area contributed by atoms with Gasteiger partial charge in [0.2, 0.25) is 0 Å². The first kappa shape index (κ1) is 118. The third-order valence-corrected chi connectivity index (χ3v) is 5.60. The second-order valence-electron chi connectivity index (χ2n) is 11.2. The van der Waals surface area contributed by atoms with E-state index >= 15 is 0 Å². The normalized spacial score (nSPS) is 9.95. The van der Waals surface area contributed by atoms with E-state index in [4.69, 9.17) is 20.4 Å². The quantitative estimate of drug-likeness (QED) is 0.0898. The van der Waals surface area contributed by atoms with Crippen LogP contribution in [0.2, 0.25) is 0 Å². The molecule has 0 amide bonds. The van der Waals surface area contributed by atoms with Crippen LogP contribution in [0.5, 0.6) is 23.0 Å². The SMILES string of the molecule is C/C([O-])=N/N=C(\[O-])c1ccccc1[O-].C/C([O-])=N/N=C(\[O-])c1ccccc1[O-].C/C([O-])=N/N=C(\[O-])c1ccccc1[O-].C/C([O-])=N/N=C(\[O-])c1ccccc1[O-].CC[O-].CC[O-].CC[O-].CC[O-].[O-2].[O-2].[O-2].[O-2].[O-2].[O-2].[V+4].[V+4].[V].[V].[V].[V]. The van der Waals surface area contributed by atoms with Crippen molar-refractivity contribution in [1.29, 1.82) is 0 Å². The van der Waals surface area contributed by atoms with Crippen molar-refractivity contribution in [2.24, 2.45) is 40.8 Å². The van der Waals surface area contributed by atoms with Gasteiger partial charge in [-0.05, 0) is 73.5 Å². The van der Waals surface area contributed by atoms with E-state index in [2.05, 4.69) is 40.8 Å². The van der Waals surface area contributed by atoms with Crippen molar-refractivity contribution in [1.82, 2.24) is 0 Å². The number of nitrogens with zero attached hydrogens (tertiary/aromatic N) is 8. The van der Waals surface area contributed by atoms with Crippen LogP contribution in [0.4, 0.5) is 0 Å². The summed E-state index contributed by atoms with van der Waals surface area (Å²) >= 11 is 0. The van der Waals surface area contributed by atoms with E-state index in [1.165, 1.54) is 125 Å². The Morgan fingerprint density at radius 1 is 0.287 bits per heavy atom. The first-order valence-electron chi connectivity index (χ1n) is 19.3. The van der Waals surface area contributed by atoms with E-state index in [-0.39, 0.29) is 193 Å². The van der Waals surface area contributed by atoms with Gasteiger partial charge in [-0.15, -0.1) is 49.4 Å². The Labute approximate surface area is 534 Å². The van der Waals surface area contributed by atoms with Crippen molar-refractivity contribution in [2.45, 2.75) is 55.4 Å². The Bertz CT molecular complexity index is 1950. The van der Waals surface area contributed by atoms with E-state index in [0.29, 0.717) is 0 Å². The number of para-hydroxylation sites is 4. The fourth-order valence-corrected chi connectivity index (χ4v) is 3.25. The Kier molecular flexibility index (Phi) is 115. The van der Waals surface area contributed by atoms with Crippen LogP contribution in [0.15, 0.2) is 138 Å². The van der Waals surface area contributed by atoms with Crippen molar-refractivity contribution < 1.29 is 226 Å². The molecule has 0 saturated heterocycles. The van der Waals surface area contributed by atoms with Gasteiger partial charge in [0.25, 0.3) is 0 Å². The summed E-state index contributed by atoms with van der Waals surface area (Å²) in [6, 6.07) is 22.6. The molecule has 6 radical (unpaired) electrons. The molecule has 80 heavy (non-hydrogen) atoms. The standard InChI is InChI=1S/4C9H10N2O3.4C2H5O.6O.6V/c4*1-6(12)10-11-9(14)7-4-2-3-5-8(7)13;4*1-2-3;;;;;;;;;;;;/h4*2-5,13H,1H3,(H,10,12)(H,11,14);4*2H2,1H3;;;;;;;;;;;;/q;;;;4*-1;6*-2;;;;;2*+4/p-12. The van der Waals surface area contributed by atoms with Gasteiger partial charge >= 0.3 is 37.1 Å². The topological polar surface area (TPSA) is 639 Å². The summed E-state index contributed by atoms with van der Waals surface area (Å²) in [7, 11) is 0. The fourth-order valence-electron chi connectivity index (χ4n) is 3.25. The molecule has 0 aliphatic rings. The van der Waals surface area contributed by atoms with E-state index in [1.54, 1.807) is 27.7 Å². The third kappa shape index (κ3) is 67.2. The Morgan fingerprint density at radius 3 is 0.500 bits per heavy atom. The Morgan fingerprint density at radius 2 is 0.400 bits per heavy atom. The van der Waals surface area contributed by atoms with Crippen LogP contribution >= 0.6 is 0 Å². The zero-order valence-electron chi connectivity index (χ0n) is 43.3. The molecule has 4 aromatic rings. The van der Waals surface area contributed by atoms with Gasteiger partial charge in [-0.1, -0.05) is 125 Å². The molecule has 0 atom stereocenters. The van der Waals surface area contributed by atoms with Gasteiger partial charge in [0.1, 0.15) is 0 Å². The van der Waals surface area contributed by atoms with E-state index < -0.39 is 70.2 Å². The monoisotopic (exact) mass is 1350 g/mol. The average molecular weight is 1350 g/mol. The van der Waals surface area contributed by atoms with Crippen LogP contribution in [-0.2, 0) is 144 Å². The molecule has 446 valence electrons. The van der Waals surface area contributed by atoms with Gasteiger partial charge in [-0.2, -0.15) is 40.8 Å². The molecule has 30 nitrogen and oxygen atoms in total. The van der Waals surface area contributed by atoms with Crippen molar-refractivity contribution in [3.8, 4) is 23.0 Å². The van der Waals surface area contributed by atoms with Crippen LogP contribution in [-0.4, -0.2) is 73.6 Å². The molecule has 0 saturated carbocycles. The molecular formula is C44H48N8O22V6-20. The molecule has 0 spiro atoms. The van der Waals surface area contributed by atoms with Crippen LogP contribution in [0.1, 0.15) is 77.6 Å². The van der Waals surface area contributed by atoms with Crippen molar-refractivity contribution in [2.75, 3.05) is 26.4 Å². The molecule has 0 aliphatic carbocycles. The van der Waals surface area contributed by atoms with Gasteiger partial charge < -0.3 is 115 Å². The first-order chi connectivity index (χ1) is 32.1. The van der Waals surface area contributed by atoms with Gasteiger partial charge in [-0.25, -0.2) is 0 Å². The molecular weight excluding hydrogens is 1300 g/mol. The Balaban J connectivity index is -0.0000000435. The smallest absolute Gasteiger partial charge is 2.00 e. The summed E-state index contributed by atoms with van der Waals surface area (Å²) in [5.74, 6) is -7.25. The number of hydrogen-bond donors (Lipinski definition) is 0. The van der Waals surface area contributed by atoms with E-state index in [1.807, 2.05) is 0 Å².